The summed E-state index contributed by atoms with van der Waals surface area (Å²) in [7, 11) is 1.97. The average molecular weight is 514 g/mol. The molecule has 2 fully saturated rings. The Morgan fingerprint density at radius 2 is 1.94 bits per heavy atom. The summed E-state index contributed by atoms with van der Waals surface area (Å²) in [5, 5.41) is 17.8. The minimum Gasteiger partial charge on any atom is -0.305 e. The van der Waals surface area contributed by atoms with Crippen molar-refractivity contribution in [3.05, 3.63) is 60.0 Å². The minimum absolute atomic E-state index is 0.244. The second kappa shape index (κ2) is 8.88. The molecule has 0 N–H and O–H groups in total. The van der Waals surface area contributed by atoms with Gasteiger partial charge in [0.2, 0.25) is 0 Å². The molecule has 1 aliphatic heterocycles. The van der Waals surface area contributed by atoms with Crippen LogP contribution in [0.25, 0.3) is 17.0 Å². The van der Waals surface area contributed by atoms with Gasteiger partial charge < -0.3 is 9.47 Å². The van der Waals surface area contributed by atoms with E-state index in [2.05, 4.69) is 25.3 Å². The van der Waals surface area contributed by atoms with Gasteiger partial charge in [0.15, 0.2) is 16.6 Å². The Bertz CT molecular complexity index is 1380. The maximum Gasteiger partial charge on any atom is 0.416 e. The van der Waals surface area contributed by atoms with Crippen molar-refractivity contribution in [2.24, 2.45) is 12.5 Å². The maximum atomic E-state index is 12.9. The van der Waals surface area contributed by atoms with E-state index in [1.807, 2.05) is 34.3 Å². The number of hydrogen-bond donors (Lipinski definition) is 0. The quantitative estimate of drug-likeness (QED) is 0.259. The summed E-state index contributed by atoms with van der Waals surface area (Å²) in [5.74, 6) is 2.08. The average Bonchev–Trinajstić information content (AvgIpc) is 3.19. The Kier molecular flexibility index (Phi) is 5.79. The number of alkyl halides is 3. The molecule has 1 aromatic carbocycles. The Hall–Kier alpha value is -2.92. The lowest BCUT2D eigenvalue weighted by atomic mass is 9.97. The number of pyridine rings is 1. The lowest BCUT2D eigenvalue weighted by Crippen LogP contribution is -2.23. The zero-order valence-corrected chi connectivity index (χ0v) is 20.6. The van der Waals surface area contributed by atoms with E-state index in [1.165, 1.54) is 12.1 Å². The summed E-state index contributed by atoms with van der Waals surface area (Å²) in [6.07, 6.45) is 2.52. The van der Waals surface area contributed by atoms with E-state index < -0.39 is 11.7 Å². The molecule has 0 bridgehead atoms. The van der Waals surface area contributed by atoms with Gasteiger partial charge in [0.05, 0.1) is 11.1 Å². The fourth-order valence-corrected chi connectivity index (χ4v) is 6.34. The molecule has 4 heterocycles. The van der Waals surface area contributed by atoms with Gasteiger partial charge in [-0.2, -0.15) is 13.2 Å². The monoisotopic (exact) mass is 513 g/mol. The van der Waals surface area contributed by atoms with Crippen LogP contribution in [-0.4, -0.2) is 59.6 Å². The number of benzene rings is 1. The topological polar surface area (TPSA) is 64.1 Å². The molecule has 1 aliphatic carbocycles. The summed E-state index contributed by atoms with van der Waals surface area (Å²) in [5.41, 5.74) is 2.36. The molecule has 4 aromatic rings. The molecule has 2 aliphatic rings. The molecule has 2 unspecified atom stereocenters. The zero-order valence-electron chi connectivity index (χ0n) is 19.8. The summed E-state index contributed by atoms with van der Waals surface area (Å²) < 4.78 is 42.4. The van der Waals surface area contributed by atoms with Crippen molar-refractivity contribution in [1.82, 2.24) is 34.3 Å². The number of halogens is 3. The van der Waals surface area contributed by atoms with Gasteiger partial charge in [0.1, 0.15) is 6.33 Å². The van der Waals surface area contributed by atoms with Crippen molar-refractivity contribution < 1.29 is 13.2 Å². The van der Waals surface area contributed by atoms with Gasteiger partial charge in [-0.3, -0.25) is 4.40 Å². The summed E-state index contributed by atoms with van der Waals surface area (Å²) in [6.45, 7) is 3.09. The zero-order chi connectivity index (χ0) is 24.9. The van der Waals surface area contributed by atoms with Crippen LogP contribution < -0.4 is 0 Å². The number of rotatable bonds is 7. The van der Waals surface area contributed by atoms with Crippen LogP contribution >= 0.6 is 11.8 Å². The lowest BCUT2D eigenvalue weighted by Gasteiger charge is -2.16. The fraction of sp³-hybridized carbons (Fsp3) is 0.440. The van der Waals surface area contributed by atoms with E-state index in [9.17, 15) is 13.2 Å². The lowest BCUT2D eigenvalue weighted by molar-refractivity contribution is -0.137. The molecular weight excluding hydrogens is 487 g/mol. The highest BCUT2D eigenvalue weighted by molar-refractivity contribution is 7.99. The molecule has 0 amide bonds. The third-order valence-electron chi connectivity index (χ3n) is 7.54. The number of thioether (sulfide) groups is 1. The van der Waals surface area contributed by atoms with Crippen molar-refractivity contribution >= 4 is 17.4 Å². The molecule has 36 heavy (non-hydrogen) atoms. The highest BCUT2D eigenvalue weighted by Gasteiger charge is 2.57. The van der Waals surface area contributed by atoms with E-state index in [0.717, 1.165) is 72.4 Å². The van der Waals surface area contributed by atoms with E-state index in [-0.39, 0.29) is 5.41 Å². The molecule has 1 spiro atoms. The van der Waals surface area contributed by atoms with Gasteiger partial charge in [-0.1, -0.05) is 23.9 Å². The molecule has 0 radical (unpaired) electrons. The van der Waals surface area contributed by atoms with Crippen molar-refractivity contribution in [1.29, 1.82) is 0 Å². The van der Waals surface area contributed by atoms with Crippen LogP contribution in [0.2, 0.25) is 0 Å². The van der Waals surface area contributed by atoms with Crippen molar-refractivity contribution in [2.45, 2.75) is 36.5 Å². The number of aromatic nitrogens is 6. The first kappa shape index (κ1) is 23.5. The first-order valence-corrected chi connectivity index (χ1v) is 13.0. The van der Waals surface area contributed by atoms with Crippen LogP contribution in [0.3, 0.4) is 0 Å². The largest absolute Gasteiger partial charge is 0.416 e. The Balaban J connectivity index is 1.00. The van der Waals surface area contributed by atoms with Gasteiger partial charge in [0, 0.05) is 25.5 Å². The van der Waals surface area contributed by atoms with Crippen LogP contribution in [0.4, 0.5) is 13.2 Å². The third-order valence-corrected chi connectivity index (χ3v) is 8.65. The highest BCUT2D eigenvalue weighted by Crippen LogP contribution is 2.64. The van der Waals surface area contributed by atoms with E-state index in [4.69, 9.17) is 0 Å². The normalized spacial score (nSPS) is 22.2. The van der Waals surface area contributed by atoms with Gasteiger partial charge >= 0.3 is 6.18 Å². The van der Waals surface area contributed by atoms with Gasteiger partial charge in [-0.15, -0.1) is 20.4 Å². The van der Waals surface area contributed by atoms with E-state index in [0.29, 0.717) is 5.92 Å². The Morgan fingerprint density at radius 1 is 1.11 bits per heavy atom. The van der Waals surface area contributed by atoms with Gasteiger partial charge in [-0.25, -0.2) is 0 Å². The predicted octanol–water partition coefficient (Wildman–Crippen LogP) is 4.91. The first-order valence-electron chi connectivity index (χ1n) is 12.0. The van der Waals surface area contributed by atoms with Crippen molar-refractivity contribution in [2.75, 3.05) is 25.4 Å². The Morgan fingerprint density at radius 3 is 2.75 bits per heavy atom. The Labute approximate surface area is 210 Å². The van der Waals surface area contributed by atoms with E-state index >= 15 is 0 Å². The number of likely N-dealkylation sites (tertiary alicyclic amines) is 1. The predicted molar refractivity (Wildman–Crippen MR) is 131 cm³/mol. The molecule has 2 atom stereocenters. The summed E-state index contributed by atoms with van der Waals surface area (Å²) in [4.78, 5) is 2.50. The molecule has 6 rings (SSSR count). The SMILES string of the molecule is Cn1c(SCCCN2CCC3(CC3c3ccc(C(F)(F)F)cc3)C2)nnc1-c1cccn2cnnc12. The van der Waals surface area contributed by atoms with Gasteiger partial charge in [-0.05, 0) is 73.5 Å². The number of nitrogens with zero attached hydrogens (tertiary/aromatic N) is 7. The minimum atomic E-state index is -4.28. The first-order chi connectivity index (χ1) is 17.3. The van der Waals surface area contributed by atoms with Crippen LogP contribution in [0.5, 0.6) is 0 Å². The van der Waals surface area contributed by atoms with Crippen LogP contribution in [0.15, 0.2) is 54.1 Å². The molecular formula is C25H26F3N7S. The standard InChI is InChI=1S/C25H26F3N7S/c1-33-21(19-4-2-11-35-16-29-30-22(19)35)31-32-23(33)36-13-3-10-34-12-9-24(15-34)14-20(24)17-5-7-18(8-6-17)25(26,27)28/h2,4-8,11,16,20H,3,9-10,12-15H2,1H3. The van der Waals surface area contributed by atoms with Crippen molar-refractivity contribution in [3.8, 4) is 11.4 Å². The molecule has 1 saturated heterocycles. The molecule has 1 saturated carbocycles. The van der Waals surface area contributed by atoms with E-state index in [1.54, 1.807) is 30.2 Å². The summed E-state index contributed by atoms with van der Waals surface area (Å²) >= 11 is 1.70. The second-order valence-corrected chi connectivity index (χ2v) is 10.9. The van der Waals surface area contributed by atoms with Crippen LogP contribution in [0.1, 0.15) is 36.3 Å². The van der Waals surface area contributed by atoms with Crippen LogP contribution in [0, 0.1) is 5.41 Å². The molecule has 11 heteroatoms. The number of hydrogen-bond acceptors (Lipinski definition) is 6. The van der Waals surface area contributed by atoms with Crippen molar-refractivity contribution in [3.63, 3.8) is 0 Å². The molecule has 3 aromatic heterocycles. The van der Waals surface area contributed by atoms with Gasteiger partial charge in [0.25, 0.3) is 0 Å². The van der Waals surface area contributed by atoms with Crippen LogP contribution in [-0.2, 0) is 13.2 Å². The molecule has 7 nitrogen and oxygen atoms in total. The second-order valence-electron chi connectivity index (χ2n) is 9.82. The fourth-order valence-electron chi connectivity index (χ4n) is 5.50. The molecule has 188 valence electrons. The maximum absolute atomic E-state index is 12.9. The smallest absolute Gasteiger partial charge is 0.305 e. The highest BCUT2D eigenvalue weighted by atomic mass is 32.2. The summed E-state index contributed by atoms with van der Waals surface area (Å²) in [6, 6.07) is 9.69. The third kappa shape index (κ3) is 4.28. The number of fused-ring (bicyclic) bond motifs is 1.